The molecular formula is C16H26N2O4. The van der Waals surface area contributed by atoms with Crippen LogP contribution in [0.1, 0.15) is 13.8 Å². The van der Waals surface area contributed by atoms with Crippen LogP contribution in [0.2, 0.25) is 0 Å². The Morgan fingerprint density at radius 1 is 0.818 bits per heavy atom. The van der Waals surface area contributed by atoms with E-state index in [9.17, 15) is 9.59 Å². The molecule has 6 heteroatoms. The quantitative estimate of drug-likeness (QED) is 0.489. The zero-order valence-electron chi connectivity index (χ0n) is 13.6. The second-order valence-corrected chi connectivity index (χ2v) is 5.52. The maximum Gasteiger partial charge on any atom is 0.333 e. The number of nitrogens with zero attached hydrogens (tertiary/aromatic N) is 2. The fourth-order valence-electron chi connectivity index (χ4n) is 2.02. The maximum absolute atomic E-state index is 11.3. The summed E-state index contributed by atoms with van der Waals surface area (Å²) in [7, 11) is 0. The first-order valence-corrected chi connectivity index (χ1v) is 7.50. The number of hydrogen-bond acceptors (Lipinski definition) is 6. The van der Waals surface area contributed by atoms with Crippen molar-refractivity contribution in [2.24, 2.45) is 0 Å². The highest BCUT2D eigenvalue weighted by atomic mass is 16.5. The lowest BCUT2D eigenvalue weighted by molar-refractivity contribution is -0.140. The number of rotatable bonds is 8. The Morgan fingerprint density at radius 2 is 1.14 bits per heavy atom. The SMILES string of the molecule is C=C(C)C(=O)OCCN1CCN(CCOC(=O)C(=C)C)CC1. The molecule has 1 aliphatic heterocycles. The van der Waals surface area contributed by atoms with Gasteiger partial charge in [0, 0.05) is 50.4 Å². The lowest BCUT2D eigenvalue weighted by Gasteiger charge is -2.34. The molecule has 0 amide bonds. The van der Waals surface area contributed by atoms with E-state index in [0.717, 1.165) is 39.3 Å². The Labute approximate surface area is 132 Å². The van der Waals surface area contributed by atoms with Crippen LogP contribution in [-0.4, -0.2) is 74.2 Å². The highest BCUT2D eigenvalue weighted by molar-refractivity contribution is 5.87. The first-order chi connectivity index (χ1) is 10.4. The summed E-state index contributed by atoms with van der Waals surface area (Å²) in [5, 5.41) is 0. The van der Waals surface area contributed by atoms with Crippen LogP contribution in [0.3, 0.4) is 0 Å². The van der Waals surface area contributed by atoms with Gasteiger partial charge < -0.3 is 9.47 Å². The molecule has 0 bridgehead atoms. The van der Waals surface area contributed by atoms with E-state index in [1.807, 2.05) is 0 Å². The van der Waals surface area contributed by atoms with Crippen molar-refractivity contribution in [2.75, 3.05) is 52.5 Å². The van der Waals surface area contributed by atoms with E-state index in [1.165, 1.54) is 0 Å². The van der Waals surface area contributed by atoms with E-state index in [1.54, 1.807) is 13.8 Å². The third kappa shape index (κ3) is 6.87. The Hall–Kier alpha value is -1.66. The predicted octanol–water partition coefficient (Wildman–Crippen LogP) is 0.843. The van der Waals surface area contributed by atoms with Crippen LogP contribution in [0.15, 0.2) is 24.3 Å². The van der Waals surface area contributed by atoms with Crippen LogP contribution in [0.4, 0.5) is 0 Å². The Bertz CT molecular complexity index is 386. The number of ether oxygens (including phenoxy) is 2. The summed E-state index contributed by atoms with van der Waals surface area (Å²) in [6.45, 7) is 16.3. The van der Waals surface area contributed by atoms with E-state index >= 15 is 0 Å². The standard InChI is InChI=1S/C16H26N2O4/c1-13(2)15(19)21-11-9-17-5-7-18(8-6-17)10-12-22-16(20)14(3)4/h1,3,5-12H2,2,4H3. The van der Waals surface area contributed by atoms with E-state index in [2.05, 4.69) is 23.0 Å². The molecule has 0 aromatic rings. The number of carbonyl (C=O) groups is 2. The van der Waals surface area contributed by atoms with E-state index in [4.69, 9.17) is 9.47 Å². The summed E-state index contributed by atoms with van der Waals surface area (Å²) in [5.74, 6) is -0.670. The summed E-state index contributed by atoms with van der Waals surface area (Å²) >= 11 is 0. The van der Waals surface area contributed by atoms with Crippen molar-refractivity contribution in [3.63, 3.8) is 0 Å². The molecule has 0 unspecified atom stereocenters. The molecule has 0 aromatic heterocycles. The van der Waals surface area contributed by atoms with Crippen LogP contribution in [-0.2, 0) is 19.1 Å². The Morgan fingerprint density at radius 3 is 1.41 bits per heavy atom. The van der Waals surface area contributed by atoms with Crippen LogP contribution in [0, 0.1) is 0 Å². The van der Waals surface area contributed by atoms with Gasteiger partial charge in [-0.15, -0.1) is 0 Å². The average Bonchev–Trinajstić information content (AvgIpc) is 2.48. The van der Waals surface area contributed by atoms with Crippen LogP contribution in [0.5, 0.6) is 0 Å². The van der Waals surface area contributed by atoms with Crippen molar-refractivity contribution < 1.29 is 19.1 Å². The van der Waals surface area contributed by atoms with E-state index in [-0.39, 0.29) is 11.9 Å². The number of carbonyl (C=O) groups excluding carboxylic acids is 2. The van der Waals surface area contributed by atoms with Gasteiger partial charge in [0.2, 0.25) is 0 Å². The summed E-state index contributed by atoms with van der Waals surface area (Å²) in [5.41, 5.74) is 0.850. The van der Waals surface area contributed by atoms with Gasteiger partial charge in [-0.3, -0.25) is 9.80 Å². The summed E-state index contributed by atoms with van der Waals surface area (Å²) in [6, 6.07) is 0. The van der Waals surface area contributed by atoms with Gasteiger partial charge in [0.05, 0.1) is 0 Å². The van der Waals surface area contributed by atoms with Crippen molar-refractivity contribution in [2.45, 2.75) is 13.8 Å². The summed E-state index contributed by atoms with van der Waals surface area (Å²) in [4.78, 5) is 27.0. The third-order valence-corrected chi connectivity index (χ3v) is 3.44. The first kappa shape index (κ1) is 18.4. The molecule has 0 saturated carbocycles. The van der Waals surface area contributed by atoms with E-state index < -0.39 is 0 Å². The molecule has 1 saturated heterocycles. The fourth-order valence-corrected chi connectivity index (χ4v) is 2.02. The van der Waals surface area contributed by atoms with Gasteiger partial charge in [0.1, 0.15) is 13.2 Å². The largest absolute Gasteiger partial charge is 0.461 e. The highest BCUT2D eigenvalue weighted by Gasteiger charge is 2.17. The predicted molar refractivity (Wildman–Crippen MR) is 84.4 cm³/mol. The second-order valence-electron chi connectivity index (χ2n) is 5.52. The van der Waals surface area contributed by atoms with Gasteiger partial charge in [-0.1, -0.05) is 13.2 Å². The normalized spacial score (nSPS) is 16.1. The van der Waals surface area contributed by atoms with Gasteiger partial charge >= 0.3 is 11.9 Å². The zero-order chi connectivity index (χ0) is 16.5. The monoisotopic (exact) mass is 310 g/mol. The molecule has 0 atom stereocenters. The molecule has 0 N–H and O–H groups in total. The smallest absolute Gasteiger partial charge is 0.333 e. The minimum absolute atomic E-state index is 0.335. The number of piperazine rings is 1. The van der Waals surface area contributed by atoms with E-state index in [0.29, 0.717) is 24.4 Å². The molecule has 0 radical (unpaired) electrons. The lowest BCUT2D eigenvalue weighted by atomic mass is 10.3. The molecule has 1 rings (SSSR count). The van der Waals surface area contributed by atoms with Gasteiger partial charge in [-0.2, -0.15) is 0 Å². The first-order valence-electron chi connectivity index (χ1n) is 7.50. The third-order valence-electron chi connectivity index (χ3n) is 3.44. The maximum atomic E-state index is 11.3. The van der Waals surface area contributed by atoms with Gasteiger partial charge in [0.25, 0.3) is 0 Å². The molecule has 0 aliphatic carbocycles. The van der Waals surface area contributed by atoms with Crippen molar-refractivity contribution in [3.05, 3.63) is 24.3 Å². The number of hydrogen-bond donors (Lipinski definition) is 0. The Balaban J connectivity index is 2.10. The molecule has 0 spiro atoms. The van der Waals surface area contributed by atoms with Crippen LogP contribution in [0.25, 0.3) is 0 Å². The molecule has 1 fully saturated rings. The molecule has 1 aliphatic rings. The molecular weight excluding hydrogens is 284 g/mol. The lowest BCUT2D eigenvalue weighted by Crippen LogP contribution is -2.48. The molecule has 124 valence electrons. The van der Waals surface area contributed by atoms with Crippen molar-refractivity contribution in [1.82, 2.24) is 9.80 Å². The number of esters is 2. The topological polar surface area (TPSA) is 59.1 Å². The molecule has 22 heavy (non-hydrogen) atoms. The fraction of sp³-hybridized carbons (Fsp3) is 0.625. The summed E-state index contributed by atoms with van der Waals surface area (Å²) in [6.07, 6.45) is 0. The molecule has 6 nitrogen and oxygen atoms in total. The molecule has 0 aromatic carbocycles. The molecule has 1 heterocycles. The van der Waals surface area contributed by atoms with Crippen molar-refractivity contribution >= 4 is 11.9 Å². The second kappa shape index (κ2) is 9.38. The van der Waals surface area contributed by atoms with Crippen LogP contribution < -0.4 is 0 Å². The van der Waals surface area contributed by atoms with Gasteiger partial charge in [0.15, 0.2) is 0 Å². The minimum atomic E-state index is -0.335. The van der Waals surface area contributed by atoms with Crippen molar-refractivity contribution in [3.8, 4) is 0 Å². The van der Waals surface area contributed by atoms with Gasteiger partial charge in [-0.05, 0) is 13.8 Å². The minimum Gasteiger partial charge on any atom is -0.461 e. The Kier molecular flexibility index (Phi) is 7.84. The van der Waals surface area contributed by atoms with Gasteiger partial charge in [-0.25, -0.2) is 9.59 Å². The average molecular weight is 310 g/mol. The zero-order valence-corrected chi connectivity index (χ0v) is 13.6. The highest BCUT2D eigenvalue weighted by Crippen LogP contribution is 2.02. The summed E-state index contributed by atoms with van der Waals surface area (Å²) < 4.78 is 10.2. The van der Waals surface area contributed by atoms with Crippen molar-refractivity contribution in [1.29, 1.82) is 0 Å². The van der Waals surface area contributed by atoms with Crippen LogP contribution >= 0.6 is 0 Å².